The minimum atomic E-state index is -0.333. The van der Waals surface area contributed by atoms with E-state index < -0.39 is 0 Å². The van der Waals surface area contributed by atoms with Crippen LogP contribution in [-0.4, -0.2) is 23.3 Å². The van der Waals surface area contributed by atoms with Crippen molar-refractivity contribution in [3.63, 3.8) is 0 Å². The first kappa shape index (κ1) is 18.1. The van der Waals surface area contributed by atoms with E-state index in [1.807, 2.05) is 6.07 Å². The van der Waals surface area contributed by atoms with Gasteiger partial charge in [0.05, 0.1) is 11.6 Å². The van der Waals surface area contributed by atoms with Crippen LogP contribution in [0.15, 0.2) is 48.5 Å². The second-order valence-electron chi connectivity index (χ2n) is 5.55. The van der Waals surface area contributed by atoms with Crippen LogP contribution in [0.4, 0.5) is 10.1 Å². The van der Waals surface area contributed by atoms with Gasteiger partial charge in [0.2, 0.25) is 11.8 Å². The van der Waals surface area contributed by atoms with E-state index in [2.05, 4.69) is 5.32 Å². The lowest BCUT2D eigenvalue weighted by Gasteiger charge is -2.21. The maximum Gasteiger partial charge on any atom is 0.226 e. The van der Waals surface area contributed by atoms with Gasteiger partial charge in [-0.05, 0) is 42.0 Å². The molecule has 25 heavy (non-hydrogen) atoms. The van der Waals surface area contributed by atoms with Crippen molar-refractivity contribution < 1.29 is 14.0 Å². The van der Waals surface area contributed by atoms with Crippen molar-refractivity contribution in [2.45, 2.75) is 19.9 Å². The monoisotopic (exact) mass is 339 g/mol. The number of rotatable bonds is 6. The molecule has 0 unspecified atom stereocenters. The van der Waals surface area contributed by atoms with E-state index in [1.165, 1.54) is 24.0 Å². The quantitative estimate of drug-likeness (QED) is 0.879. The van der Waals surface area contributed by atoms with Gasteiger partial charge in [-0.3, -0.25) is 9.59 Å². The number of carbonyl (C=O) groups excluding carboxylic acids is 2. The number of nitrogens with one attached hydrogen (secondary N) is 1. The molecule has 5 nitrogen and oxygen atoms in total. The molecule has 0 aliphatic heterocycles. The van der Waals surface area contributed by atoms with E-state index in [1.54, 1.807) is 36.4 Å². The molecule has 2 aromatic rings. The van der Waals surface area contributed by atoms with Crippen molar-refractivity contribution in [3.8, 4) is 6.07 Å². The van der Waals surface area contributed by atoms with Crippen LogP contribution in [0, 0.1) is 17.1 Å². The summed E-state index contributed by atoms with van der Waals surface area (Å²) in [6, 6.07) is 14.4. The number of hydrogen-bond donors (Lipinski definition) is 1. The van der Waals surface area contributed by atoms with Gasteiger partial charge < -0.3 is 10.2 Å². The predicted molar refractivity (Wildman–Crippen MR) is 91.9 cm³/mol. The topological polar surface area (TPSA) is 73.2 Å². The van der Waals surface area contributed by atoms with Crippen molar-refractivity contribution in [2.75, 3.05) is 11.9 Å². The standard InChI is InChI=1S/C19H18FN3O2/c1-14(24)23(13-16-2-6-17(20)7-3-16)11-10-19(25)22-18-8-4-15(12-21)5-9-18/h2-9H,10-11,13H2,1H3,(H,22,25). The van der Waals surface area contributed by atoms with Gasteiger partial charge in [-0.25, -0.2) is 4.39 Å². The molecule has 0 spiro atoms. The maximum atomic E-state index is 12.9. The molecule has 128 valence electrons. The van der Waals surface area contributed by atoms with Crippen LogP contribution < -0.4 is 5.32 Å². The highest BCUT2D eigenvalue weighted by Gasteiger charge is 2.12. The highest BCUT2D eigenvalue weighted by atomic mass is 19.1. The summed E-state index contributed by atoms with van der Waals surface area (Å²) in [7, 11) is 0. The Morgan fingerprint density at radius 1 is 1.12 bits per heavy atom. The van der Waals surface area contributed by atoms with E-state index in [4.69, 9.17) is 5.26 Å². The van der Waals surface area contributed by atoms with E-state index in [9.17, 15) is 14.0 Å². The summed E-state index contributed by atoms with van der Waals surface area (Å²) in [6.07, 6.45) is 0.140. The Kier molecular flexibility index (Phi) is 6.24. The van der Waals surface area contributed by atoms with Gasteiger partial charge in [0.1, 0.15) is 5.82 Å². The van der Waals surface area contributed by atoms with Crippen LogP contribution in [0.25, 0.3) is 0 Å². The smallest absolute Gasteiger partial charge is 0.226 e. The van der Waals surface area contributed by atoms with Crippen molar-refractivity contribution in [3.05, 3.63) is 65.5 Å². The number of amides is 2. The molecule has 0 bridgehead atoms. The molecule has 0 radical (unpaired) electrons. The van der Waals surface area contributed by atoms with E-state index in [0.717, 1.165) is 5.56 Å². The average molecular weight is 339 g/mol. The number of anilines is 1. The summed E-state index contributed by atoms with van der Waals surface area (Å²) < 4.78 is 12.9. The Balaban J connectivity index is 1.89. The third kappa shape index (κ3) is 5.74. The van der Waals surface area contributed by atoms with Crippen LogP contribution in [0.3, 0.4) is 0 Å². The van der Waals surface area contributed by atoms with Crippen LogP contribution in [0.5, 0.6) is 0 Å². The molecule has 2 rings (SSSR count). The zero-order valence-corrected chi connectivity index (χ0v) is 13.8. The summed E-state index contributed by atoms with van der Waals surface area (Å²) in [6.45, 7) is 2.01. The lowest BCUT2D eigenvalue weighted by Crippen LogP contribution is -2.31. The third-order valence-electron chi connectivity index (χ3n) is 3.64. The number of benzene rings is 2. The molecule has 0 heterocycles. The lowest BCUT2D eigenvalue weighted by atomic mass is 10.2. The number of hydrogen-bond acceptors (Lipinski definition) is 3. The Morgan fingerprint density at radius 3 is 2.32 bits per heavy atom. The molecule has 1 N–H and O–H groups in total. The number of nitriles is 1. The molecule has 0 saturated carbocycles. The van der Waals surface area contributed by atoms with Crippen molar-refractivity contribution in [2.24, 2.45) is 0 Å². The first-order chi connectivity index (χ1) is 12.0. The van der Waals surface area contributed by atoms with Gasteiger partial charge >= 0.3 is 0 Å². The van der Waals surface area contributed by atoms with Gasteiger partial charge in [-0.15, -0.1) is 0 Å². The molecule has 2 aromatic carbocycles. The highest BCUT2D eigenvalue weighted by molar-refractivity contribution is 5.91. The fraction of sp³-hybridized carbons (Fsp3) is 0.211. The molecule has 6 heteroatoms. The average Bonchev–Trinajstić information content (AvgIpc) is 2.60. The minimum absolute atomic E-state index is 0.140. The van der Waals surface area contributed by atoms with Crippen molar-refractivity contribution >= 4 is 17.5 Å². The highest BCUT2D eigenvalue weighted by Crippen LogP contribution is 2.11. The second-order valence-corrected chi connectivity index (χ2v) is 5.55. The lowest BCUT2D eigenvalue weighted by molar-refractivity contribution is -0.129. The summed E-state index contributed by atoms with van der Waals surface area (Å²) in [5, 5.41) is 11.5. The largest absolute Gasteiger partial charge is 0.338 e. The van der Waals surface area contributed by atoms with E-state index in [0.29, 0.717) is 17.8 Å². The zero-order chi connectivity index (χ0) is 18.2. The van der Waals surface area contributed by atoms with Crippen LogP contribution in [-0.2, 0) is 16.1 Å². The Labute approximate surface area is 145 Å². The fourth-order valence-corrected chi connectivity index (χ4v) is 2.25. The Hall–Kier alpha value is -3.20. The first-order valence-electron chi connectivity index (χ1n) is 7.78. The maximum absolute atomic E-state index is 12.9. The number of carbonyl (C=O) groups is 2. The molecule has 0 aliphatic rings. The molecule has 0 aromatic heterocycles. The van der Waals surface area contributed by atoms with Gasteiger partial charge in [0.15, 0.2) is 0 Å². The zero-order valence-electron chi connectivity index (χ0n) is 13.8. The van der Waals surface area contributed by atoms with Crippen molar-refractivity contribution in [1.29, 1.82) is 5.26 Å². The summed E-state index contributed by atoms with van der Waals surface area (Å²) in [5.74, 6) is -0.717. The van der Waals surface area contributed by atoms with Gasteiger partial charge in [0.25, 0.3) is 0 Å². The van der Waals surface area contributed by atoms with Gasteiger partial charge in [0, 0.05) is 32.1 Å². The van der Waals surface area contributed by atoms with Gasteiger partial charge in [-0.1, -0.05) is 12.1 Å². The first-order valence-corrected chi connectivity index (χ1v) is 7.78. The third-order valence-corrected chi connectivity index (χ3v) is 3.64. The summed E-state index contributed by atoms with van der Waals surface area (Å²) >= 11 is 0. The molecule has 0 fully saturated rings. The Bertz CT molecular complexity index is 780. The fourth-order valence-electron chi connectivity index (χ4n) is 2.25. The molecule has 2 amide bonds. The Morgan fingerprint density at radius 2 is 1.76 bits per heavy atom. The van der Waals surface area contributed by atoms with Crippen LogP contribution >= 0.6 is 0 Å². The second kappa shape index (κ2) is 8.60. The normalized spacial score (nSPS) is 9.96. The molecular formula is C19H18FN3O2. The minimum Gasteiger partial charge on any atom is -0.338 e. The van der Waals surface area contributed by atoms with Crippen LogP contribution in [0.2, 0.25) is 0 Å². The van der Waals surface area contributed by atoms with Crippen LogP contribution in [0.1, 0.15) is 24.5 Å². The van der Waals surface area contributed by atoms with Gasteiger partial charge in [-0.2, -0.15) is 5.26 Å². The number of nitrogens with zero attached hydrogens (tertiary/aromatic N) is 2. The van der Waals surface area contributed by atoms with Crippen molar-refractivity contribution in [1.82, 2.24) is 4.90 Å². The molecule has 0 aliphatic carbocycles. The molecular weight excluding hydrogens is 321 g/mol. The van der Waals surface area contributed by atoms with E-state index >= 15 is 0 Å². The molecule has 0 atom stereocenters. The molecule has 0 saturated heterocycles. The SMILES string of the molecule is CC(=O)N(CCC(=O)Nc1ccc(C#N)cc1)Cc1ccc(F)cc1. The number of halogens is 1. The summed E-state index contributed by atoms with van der Waals surface area (Å²) in [4.78, 5) is 25.3. The predicted octanol–water partition coefficient (Wildman–Crippen LogP) is 3.07. The van der Waals surface area contributed by atoms with E-state index in [-0.39, 0.29) is 30.6 Å². The summed E-state index contributed by atoms with van der Waals surface area (Å²) in [5.41, 5.74) is 1.90.